The van der Waals surface area contributed by atoms with E-state index in [2.05, 4.69) is 6.92 Å². The van der Waals surface area contributed by atoms with Gasteiger partial charge in [-0.3, -0.25) is 0 Å². The van der Waals surface area contributed by atoms with Crippen LogP contribution in [0.1, 0.15) is 56.6 Å². The molecule has 2 aliphatic carbocycles. The molecule has 31 heavy (non-hydrogen) atoms. The van der Waals surface area contributed by atoms with Crippen LogP contribution in [-0.4, -0.2) is 55.6 Å². The first kappa shape index (κ1) is 24.4. The summed E-state index contributed by atoms with van der Waals surface area (Å²) in [7, 11) is 0. The maximum atomic E-state index is 10.9. The van der Waals surface area contributed by atoms with Gasteiger partial charge in [0.25, 0.3) is 0 Å². The molecule has 3 rings (SSSR count). The van der Waals surface area contributed by atoms with Crippen LogP contribution < -0.4 is 0 Å². The number of halogens is 1. The second kappa shape index (κ2) is 9.71. The molecular formula is C24H33ClO6. The minimum Gasteiger partial charge on any atom is -0.396 e. The van der Waals surface area contributed by atoms with Crippen LogP contribution in [0.5, 0.6) is 0 Å². The van der Waals surface area contributed by atoms with Crippen molar-refractivity contribution in [2.24, 2.45) is 11.8 Å². The normalized spacial score (nSPS) is 30.5. The Balaban J connectivity index is 1.92. The zero-order chi connectivity index (χ0) is 22.9. The Morgan fingerprint density at radius 2 is 1.77 bits per heavy atom. The average Bonchev–Trinajstić information content (AvgIpc) is 3.58. The first-order valence-corrected chi connectivity index (χ1v) is 11.3. The zero-order valence-electron chi connectivity index (χ0n) is 17.9. The van der Waals surface area contributed by atoms with Gasteiger partial charge < -0.3 is 30.6 Å². The first-order valence-electron chi connectivity index (χ1n) is 10.9. The summed E-state index contributed by atoms with van der Waals surface area (Å²) in [5.41, 5.74) is 2.21. The highest BCUT2D eigenvalue weighted by atomic mass is 35.5. The van der Waals surface area contributed by atoms with Gasteiger partial charge in [-0.2, -0.15) is 0 Å². The van der Waals surface area contributed by atoms with Crippen molar-refractivity contribution in [3.05, 3.63) is 57.6 Å². The molecule has 0 spiro atoms. The van der Waals surface area contributed by atoms with Gasteiger partial charge in [-0.25, -0.2) is 0 Å². The van der Waals surface area contributed by atoms with E-state index in [1.54, 1.807) is 19.1 Å². The molecule has 0 bridgehead atoms. The second-order valence-corrected chi connectivity index (χ2v) is 9.29. The average molecular weight is 453 g/mol. The summed E-state index contributed by atoms with van der Waals surface area (Å²) >= 11 is 6.30. The molecule has 6 nitrogen and oxygen atoms in total. The molecule has 2 fully saturated rings. The molecule has 5 atom stereocenters. The van der Waals surface area contributed by atoms with Crippen LogP contribution in [0.2, 0.25) is 5.02 Å². The lowest BCUT2D eigenvalue weighted by Crippen LogP contribution is -2.51. The van der Waals surface area contributed by atoms with Gasteiger partial charge in [0.1, 0.15) is 6.10 Å². The molecule has 0 amide bonds. The molecule has 172 valence electrons. The van der Waals surface area contributed by atoms with E-state index in [9.17, 15) is 30.6 Å². The predicted molar refractivity (Wildman–Crippen MR) is 118 cm³/mol. The Morgan fingerprint density at radius 1 is 1.10 bits per heavy atom. The van der Waals surface area contributed by atoms with E-state index in [4.69, 9.17) is 11.6 Å². The molecular weight excluding hydrogens is 420 g/mol. The minimum absolute atomic E-state index is 0.0756. The molecule has 7 heteroatoms. The number of aliphatic hydroxyl groups excluding tert-OH is 4. The number of allylic oxidation sites excluding steroid dienone is 3. The zero-order valence-corrected chi connectivity index (χ0v) is 18.7. The molecule has 5 unspecified atom stereocenters. The number of aliphatic hydroxyl groups is 6. The minimum atomic E-state index is -2.32. The Hall–Kier alpha value is -1.25. The fraction of sp³-hybridized carbons (Fsp3) is 0.583. The van der Waals surface area contributed by atoms with Gasteiger partial charge in [-0.05, 0) is 61.8 Å². The standard InChI is InChI=1S/C24H33ClO6/c1-3-14(15-6-7-15)5-4-13(2)24(30,31)19-11-16(8-9-20(19)25)18-10-17(12-26)21(27)23(29)22(18)28/h4-5,8-9,11,15,17-18,21-23,26-31H,3,6-7,10,12H2,1-2H3. The molecule has 1 aromatic rings. The Labute approximate surface area is 188 Å². The smallest absolute Gasteiger partial charge is 0.214 e. The highest BCUT2D eigenvalue weighted by Gasteiger charge is 2.43. The maximum Gasteiger partial charge on any atom is 0.214 e. The molecule has 0 heterocycles. The fourth-order valence-electron chi connectivity index (χ4n) is 4.44. The van der Waals surface area contributed by atoms with Gasteiger partial charge in [-0.1, -0.05) is 42.3 Å². The molecule has 2 saturated carbocycles. The van der Waals surface area contributed by atoms with Crippen molar-refractivity contribution in [3.8, 4) is 0 Å². The van der Waals surface area contributed by atoms with E-state index in [-0.39, 0.29) is 23.6 Å². The third-order valence-corrected chi connectivity index (χ3v) is 7.12. The van der Waals surface area contributed by atoms with Gasteiger partial charge in [0.15, 0.2) is 0 Å². The third kappa shape index (κ3) is 5.06. The topological polar surface area (TPSA) is 121 Å². The van der Waals surface area contributed by atoms with Crippen molar-refractivity contribution in [3.63, 3.8) is 0 Å². The van der Waals surface area contributed by atoms with Crippen LogP contribution in [0.25, 0.3) is 0 Å². The van der Waals surface area contributed by atoms with E-state index in [0.717, 1.165) is 6.42 Å². The van der Waals surface area contributed by atoms with Crippen LogP contribution in [-0.2, 0) is 5.79 Å². The summed E-state index contributed by atoms with van der Waals surface area (Å²) in [6.07, 6.45) is 3.24. The monoisotopic (exact) mass is 452 g/mol. The largest absolute Gasteiger partial charge is 0.396 e. The number of hydrogen-bond donors (Lipinski definition) is 6. The molecule has 6 N–H and O–H groups in total. The fourth-order valence-corrected chi connectivity index (χ4v) is 4.69. The van der Waals surface area contributed by atoms with Crippen molar-refractivity contribution >= 4 is 11.6 Å². The summed E-state index contributed by atoms with van der Waals surface area (Å²) in [6, 6.07) is 4.68. The van der Waals surface area contributed by atoms with E-state index in [1.807, 2.05) is 6.08 Å². The first-order chi connectivity index (χ1) is 14.6. The number of hydrogen-bond acceptors (Lipinski definition) is 6. The van der Waals surface area contributed by atoms with Gasteiger partial charge in [0.2, 0.25) is 5.79 Å². The summed E-state index contributed by atoms with van der Waals surface area (Å²) < 4.78 is 0. The van der Waals surface area contributed by atoms with Gasteiger partial charge in [0, 0.05) is 29.0 Å². The lowest BCUT2D eigenvalue weighted by Gasteiger charge is -2.40. The van der Waals surface area contributed by atoms with E-state index >= 15 is 0 Å². The maximum absolute atomic E-state index is 10.9. The molecule has 0 aromatic heterocycles. The van der Waals surface area contributed by atoms with Crippen molar-refractivity contribution in [2.45, 2.75) is 69.5 Å². The third-order valence-electron chi connectivity index (χ3n) is 6.79. The Kier molecular flexibility index (Phi) is 7.64. The van der Waals surface area contributed by atoms with Crippen LogP contribution in [0.4, 0.5) is 0 Å². The Bertz CT molecular complexity index is 842. The summed E-state index contributed by atoms with van der Waals surface area (Å²) in [4.78, 5) is 0. The van der Waals surface area contributed by atoms with E-state index in [0.29, 0.717) is 17.1 Å². The quantitative estimate of drug-likeness (QED) is 0.279. The van der Waals surface area contributed by atoms with Crippen molar-refractivity contribution in [1.29, 1.82) is 0 Å². The lowest BCUT2D eigenvalue weighted by molar-refractivity contribution is -0.136. The van der Waals surface area contributed by atoms with Gasteiger partial charge in [-0.15, -0.1) is 0 Å². The summed E-state index contributed by atoms with van der Waals surface area (Å²) in [6.45, 7) is 3.37. The van der Waals surface area contributed by atoms with Crippen molar-refractivity contribution < 1.29 is 30.6 Å². The van der Waals surface area contributed by atoms with Crippen LogP contribution in [0, 0.1) is 11.8 Å². The van der Waals surface area contributed by atoms with E-state index in [1.165, 1.54) is 30.5 Å². The lowest BCUT2D eigenvalue weighted by atomic mass is 9.73. The predicted octanol–water partition coefficient (Wildman–Crippen LogP) is 2.35. The van der Waals surface area contributed by atoms with E-state index < -0.39 is 35.9 Å². The molecule has 0 radical (unpaired) electrons. The molecule has 0 saturated heterocycles. The van der Waals surface area contributed by atoms with Gasteiger partial charge >= 0.3 is 0 Å². The highest BCUT2D eigenvalue weighted by molar-refractivity contribution is 6.31. The van der Waals surface area contributed by atoms with Gasteiger partial charge in [0.05, 0.1) is 12.2 Å². The molecule has 1 aromatic carbocycles. The molecule has 0 aliphatic heterocycles. The Morgan fingerprint density at radius 3 is 2.35 bits per heavy atom. The van der Waals surface area contributed by atoms with Crippen molar-refractivity contribution in [2.75, 3.05) is 6.61 Å². The van der Waals surface area contributed by atoms with Crippen LogP contribution >= 0.6 is 11.6 Å². The second-order valence-electron chi connectivity index (χ2n) is 8.89. The van der Waals surface area contributed by atoms with Crippen molar-refractivity contribution in [1.82, 2.24) is 0 Å². The van der Waals surface area contributed by atoms with Crippen LogP contribution in [0.3, 0.4) is 0 Å². The number of benzene rings is 1. The SMILES string of the molecule is CCC(=CC=C(C)C(O)(O)c1cc(C2CC(CO)C(O)C(O)C2O)ccc1Cl)C1CC1. The summed E-state index contributed by atoms with van der Waals surface area (Å²) in [5, 5.41) is 62.3. The number of rotatable bonds is 7. The highest BCUT2D eigenvalue weighted by Crippen LogP contribution is 2.41. The molecule has 2 aliphatic rings. The summed E-state index contributed by atoms with van der Waals surface area (Å²) in [5.74, 6) is -2.94. The van der Waals surface area contributed by atoms with Crippen LogP contribution in [0.15, 0.2) is 41.5 Å².